The summed E-state index contributed by atoms with van der Waals surface area (Å²) in [5.41, 5.74) is 1.62. The van der Waals surface area contributed by atoms with Crippen LogP contribution in [0.4, 0.5) is 0 Å². The van der Waals surface area contributed by atoms with E-state index in [9.17, 15) is 4.79 Å². The third kappa shape index (κ3) is 3.15. The Kier molecular flexibility index (Phi) is 4.34. The number of carbonyl (C=O) groups is 1. The molecule has 1 aromatic carbocycles. The smallest absolute Gasteiger partial charge is 0.166 e. The summed E-state index contributed by atoms with van der Waals surface area (Å²) in [4.78, 5) is 12.8. The maximum Gasteiger partial charge on any atom is 0.166 e. The van der Waals surface area contributed by atoms with Crippen LogP contribution in [-0.2, 0) is 9.47 Å². The van der Waals surface area contributed by atoms with Gasteiger partial charge in [-0.1, -0.05) is 11.6 Å². The number of ether oxygens (including phenoxy) is 2. The predicted octanol–water partition coefficient (Wildman–Crippen LogP) is 3.81. The number of hydrogen-bond acceptors (Lipinski definition) is 3. The van der Waals surface area contributed by atoms with Gasteiger partial charge in [-0.2, -0.15) is 0 Å². The summed E-state index contributed by atoms with van der Waals surface area (Å²) in [7, 11) is 0. The summed E-state index contributed by atoms with van der Waals surface area (Å²) in [6.45, 7) is 4.09. The molecule has 3 rings (SSSR count). The van der Waals surface area contributed by atoms with E-state index < -0.39 is 0 Å². The van der Waals surface area contributed by atoms with Crippen molar-refractivity contribution in [1.82, 2.24) is 0 Å². The lowest BCUT2D eigenvalue weighted by Gasteiger charge is -2.43. The maximum atomic E-state index is 12.8. The molecule has 2 heterocycles. The number of halogens is 1. The summed E-state index contributed by atoms with van der Waals surface area (Å²) in [5, 5.41) is 0.678. The van der Waals surface area contributed by atoms with Crippen molar-refractivity contribution in [3.63, 3.8) is 0 Å². The lowest BCUT2D eigenvalue weighted by atomic mass is 9.77. The quantitative estimate of drug-likeness (QED) is 0.779. The monoisotopic (exact) mass is 308 g/mol. The summed E-state index contributed by atoms with van der Waals surface area (Å²) < 4.78 is 11.4. The molecule has 0 amide bonds. The Labute approximate surface area is 130 Å². The summed E-state index contributed by atoms with van der Waals surface area (Å²) in [6, 6.07) is 5.51. The number of ketones is 1. The molecule has 3 nitrogen and oxygen atoms in total. The van der Waals surface area contributed by atoms with Crippen molar-refractivity contribution in [1.29, 1.82) is 0 Å². The Hall–Kier alpha value is -0.900. The highest BCUT2D eigenvalue weighted by Gasteiger charge is 2.41. The number of carbonyl (C=O) groups excluding carboxylic acids is 1. The first-order valence-corrected chi connectivity index (χ1v) is 8.00. The van der Waals surface area contributed by atoms with E-state index in [1.54, 1.807) is 6.07 Å². The average molecular weight is 309 g/mol. The van der Waals surface area contributed by atoms with Crippen molar-refractivity contribution in [2.75, 3.05) is 19.8 Å². The molecule has 0 aliphatic carbocycles. The minimum absolute atomic E-state index is 0.0525. The third-order valence-corrected chi connectivity index (χ3v) is 4.96. The molecule has 1 spiro atoms. The maximum absolute atomic E-state index is 12.8. The normalized spacial score (nSPS) is 25.0. The first-order chi connectivity index (χ1) is 10.1. The van der Waals surface area contributed by atoms with Crippen molar-refractivity contribution in [3.8, 4) is 0 Å². The minimum Gasteiger partial charge on any atom is -0.381 e. The first kappa shape index (κ1) is 15.0. The summed E-state index contributed by atoms with van der Waals surface area (Å²) >= 11 is 5.98. The molecule has 114 valence electrons. The zero-order chi connectivity index (χ0) is 14.9. The van der Waals surface area contributed by atoms with Crippen LogP contribution in [0.5, 0.6) is 0 Å². The van der Waals surface area contributed by atoms with Crippen LogP contribution in [0.25, 0.3) is 0 Å². The van der Waals surface area contributed by atoms with Gasteiger partial charge in [-0.15, -0.1) is 0 Å². The standard InChI is InChI=1S/C17H21ClO3/c1-12-10-14(18)2-3-15(12)16(19)13-4-7-21-17(11-13)5-8-20-9-6-17/h2-3,10,13H,4-9,11H2,1H3. The van der Waals surface area contributed by atoms with Crippen molar-refractivity contribution >= 4 is 17.4 Å². The van der Waals surface area contributed by atoms with Crippen molar-refractivity contribution in [3.05, 3.63) is 34.3 Å². The first-order valence-electron chi connectivity index (χ1n) is 7.62. The Balaban J connectivity index is 1.77. The number of rotatable bonds is 2. The largest absolute Gasteiger partial charge is 0.381 e. The molecular formula is C17H21ClO3. The molecule has 0 N–H and O–H groups in total. The lowest BCUT2D eigenvalue weighted by Crippen LogP contribution is -2.46. The van der Waals surface area contributed by atoms with E-state index in [-0.39, 0.29) is 17.3 Å². The fraction of sp³-hybridized carbons (Fsp3) is 0.588. The van der Waals surface area contributed by atoms with Crippen LogP contribution in [0.2, 0.25) is 5.02 Å². The molecule has 4 heteroatoms. The van der Waals surface area contributed by atoms with Crippen LogP contribution in [0.1, 0.15) is 41.6 Å². The Bertz CT molecular complexity index is 529. The SMILES string of the molecule is Cc1cc(Cl)ccc1C(=O)C1CCOC2(CCOCC2)C1. The average Bonchev–Trinajstić information content (AvgIpc) is 2.47. The van der Waals surface area contributed by atoms with Crippen LogP contribution in [-0.4, -0.2) is 31.2 Å². The van der Waals surface area contributed by atoms with Crippen LogP contribution in [0.15, 0.2) is 18.2 Å². The Morgan fingerprint density at radius 3 is 2.76 bits per heavy atom. The molecule has 2 fully saturated rings. The topological polar surface area (TPSA) is 35.5 Å². The molecule has 0 bridgehead atoms. The van der Waals surface area contributed by atoms with E-state index in [1.165, 1.54) is 0 Å². The van der Waals surface area contributed by atoms with Gasteiger partial charge in [0.05, 0.1) is 5.60 Å². The zero-order valence-electron chi connectivity index (χ0n) is 12.4. The van der Waals surface area contributed by atoms with Gasteiger partial charge < -0.3 is 9.47 Å². The van der Waals surface area contributed by atoms with Gasteiger partial charge >= 0.3 is 0 Å². The number of Topliss-reactive ketones (excluding diaryl/α,β-unsaturated/α-hetero) is 1. The Morgan fingerprint density at radius 1 is 1.29 bits per heavy atom. The summed E-state index contributed by atoms with van der Waals surface area (Å²) in [6.07, 6.45) is 3.42. The van der Waals surface area contributed by atoms with E-state index in [0.29, 0.717) is 11.6 Å². The van der Waals surface area contributed by atoms with Gasteiger partial charge in [-0.3, -0.25) is 4.79 Å². The second-order valence-corrected chi connectivity index (χ2v) is 6.59. The van der Waals surface area contributed by atoms with Gasteiger partial charge in [-0.05, 0) is 56.4 Å². The van der Waals surface area contributed by atoms with Crippen molar-refractivity contribution in [2.24, 2.45) is 5.92 Å². The fourth-order valence-electron chi connectivity index (χ4n) is 3.47. The molecule has 21 heavy (non-hydrogen) atoms. The van der Waals surface area contributed by atoms with Gasteiger partial charge in [-0.25, -0.2) is 0 Å². The molecular weight excluding hydrogens is 288 g/mol. The Morgan fingerprint density at radius 2 is 2.05 bits per heavy atom. The van der Waals surface area contributed by atoms with Crippen LogP contribution in [0, 0.1) is 12.8 Å². The molecule has 0 saturated carbocycles. The second-order valence-electron chi connectivity index (χ2n) is 6.16. The van der Waals surface area contributed by atoms with E-state index in [1.807, 2.05) is 19.1 Å². The minimum atomic E-state index is -0.142. The van der Waals surface area contributed by atoms with Gasteiger partial charge in [0.15, 0.2) is 5.78 Å². The molecule has 2 saturated heterocycles. The molecule has 1 aromatic rings. The van der Waals surface area contributed by atoms with Crippen molar-refractivity contribution < 1.29 is 14.3 Å². The highest BCUT2D eigenvalue weighted by molar-refractivity contribution is 6.30. The van der Waals surface area contributed by atoms with E-state index in [4.69, 9.17) is 21.1 Å². The molecule has 0 aromatic heterocycles. The van der Waals surface area contributed by atoms with Crippen LogP contribution in [0.3, 0.4) is 0 Å². The predicted molar refractivity (Wildman–Crippen MR) is 82.0 cm³/mol. The van der Waals surface area contributed by atoms with E-state index in [0.717, 1.165) is 50.0 Å². The van der Waals surface area contributed by atoms with Crippen molar-refractivity contribution in [2.45, 2.75) is 38.2 Å². The van der Waals surface area contributed by atoms with E-state index >= 15 is 0 Å². The highest BCUT2D eigenvalue weighted by atomic mass is 35.5. The van der Waals surface area contributed by atoms with Crippen LogP contribution >= 0.6 is 11.6 Å². The molecule has 2 aliphatic rings. The van der Waals surface area contributed by atoms with Gasteiger partial charge in [0.25, 0.3) is 0 Å². The number of hydrogen-bond donors (Lipinski definition) is 0. The molecule has 2 aliphatic heterocycles. The number of aryl methyl sites for hydroxylation is 1. The third-order valence-electron chi connectivity index (χ3n) is 4.72. The molecule has 1 atom stereocenters. The lowest BCUT2D eigenvalue weighted by molar-refractivity contribution is -0.142. The summed E-state index contributed by atoms with van der Waals surface area (Å²) in [5.74, 6) is 0.287. The van der Waals surface area contributed by atoms with Gasteiger partial charge in [0.1, 0.15) is 0 Å². The highest BCUT2D eigenvalue weighted by Crippen LogP contribution is 2.38. The fourth-order valence-corrected chi connectivity index (χ4v) is 3.69. The molecule has 0 radical (unpaired) electrons. The zero-order valence-corrected chi connectivity index (χ0v) is 13.1. The second kappa shape index (κ2) is 6.07. The van der Waals surface area contributed by atoms with Gasteiger partial charge in [0, 0.05) is 36.3 Å². The molecule has 1 unspecified atom stereocenters. The number of benzene rings is 1. The van der Waals surface area contributed by atoms with E-state index in [2.05, 4.69) is 0 Å². The van der Waals surface area contributed by atoms with Crippen LogP contribution < -0.4 is 0 Å². The van der Waals surface area contributed by atoms with Gasteiger partial charge in [0.2, 0.25) is 0 Å².